The van der Waals surface area contributed by atoms with E-state index in [-0.39, 0.29) is 12.5 Å². The predicted octanol–water partition coefficient (Wildman–Crippen LogP) is 2.57. The van der Waals surface area contributed by atoms with E-state index in [9.17, 15) is 13.2 Å². The summed E-state index contributed by atoms with van der Waals surface area (Å²) >= 11 is 1.74. The van der Waals surface area contributed by atoms with Gasteiger partial charge >= 0.3 is 0 Å². The second-order valence-corrected chi connectivity index (χ2v) is 9.65. The molecule has 2 aromatic rings. The van der Waals surface area contributed by atoms with E-state index in [4.69, 9.17) is 4.74 Å². The van der Waals surface area contributed by atoms with Crippen molar-refractivity contribution in [1.29, 1.82) is 0 Å². The SMILES string of the molecule is Cc1ccccc1CSCCNC(=O)[C@@H]1CN(S(C)(=O)=O)c2ccccc2O1. The Morgan fingerprint density at radius 3 is 2.68 bits per heavy atom. The molecule has 0 saturated heterocycles. The van der Waals surface area contributed by atoms with Gasteiger partial charge in [0.05, 0.1) is 18.5 Å². The second-order valence-electron chi connectivity index (χ2n) is 6.64. The molecule has 6 nitrogen and oxygen atoms in total. The Balaban J connectivity index is 1.53. The minimum Gasteiger partial charge on any atom is -0.476 e. The number of aryl methyl sites for hydroxylation is 1. The van der Waals surface area contributed by atoms with Crippen LogP contribution >= 0.6 is 11.8 Å². The number of sulfonamides is 1. The van der Waals surface area contributed by atoms with E-state index in [1.54, 1.807) is 36.0 Å². The zero-order valence-corrected chi connectivity index (χ0v) is 17.6. The van der Waals surface area contributed by atoms with Crippen LogP contribution in [0.15, 0.2) is 48.5 Å². The average molecular weight is 421 g/mol. The first-order valence-corrected chi connectivity index (χ1v) is 12.0. The van der Waals surface area contributed by atoms with E-state index in [2.05, 4.69) is 24.4 Å². The maximum absolute atomic E-state index is 12.5. The lowest BCUT2D eigenvalue weighted by Crippen LogP contribution is -2.50. The molecule has 3 rings (SSSR count). The molecule has 1 amide bonds. The van der Waals surface area contributed by atoms with Gasteiger partial charge in [0.15, 0.2) is 6.10 Å². The monoisotopic (exact) mass is 420 g/mol. The molecule has 1 aliphatic heterocycles. The molecule has 0 aromatic heterocycles. The summed E-state index contributed by atoms with van der Waals surface area (Å²) in [6.45, 7) is 2.55. The number of hydrogen-bond acceptors (Lipinski definition) is 5. The van der Waals surface area contributed by atoms with Gasteiger partial charge in [-0.1, -0.05) is 36.4 Å². The molecule has 2 aromatic carbocycles. The Morgan fingerprint density at radius 2 is 1.93 bits per heavy atom. The number of anilines is 1. The van der Waals surface area contributed by atoms with Crippen molar-refractivity contribution in [3.63, 3.8) is 0 Å². The Kier molecular flexibility index (Phi) is 6.51. The summed E-state index contributed by atoms with van der Waals surface area (Å²) in [5, 5.41) is 2.85. The van der Waals surface area contributed by atoms with E-state index in [0.29, 0.717) is 18.0 Å². The van der Waals surface area contributed by atoms with Crippen LogP contribution in [0.1, 0.15) is 11.1 Å². The maximum Gasteiger partial charge on any atom is 0.263 e. The molecule has 0 unspecified atom stereocenters. The molecule has 0 aliphatic carbocycles. The van der Waals surface area contributed by atoms with E-state index in [1.165, 1.54) is 15.4 Å². The average Bonchev–Trinajstić information content (AvgIpc) is 2.67. The molecule has 0 bridgehead atoms. The van der Waals surface area contributed by atoms with Gasteiger partial charge < -0.3 is 10.1 Å². The number of ether oxygens (including phenoxy) is 1. The standard InChI is InChI=1S/C20H24N2O4S2/c1-15-7-3-4-8-16(15)14-27-12-11-21-20(23)19-13-22(28(2,24)25)17-9-5-6-10-18(17)26-19/h3-10,19H,11-14H2,1-2H3,(H,21,23)/t19-/m0/s1. The third-order valence-electron chi connectivity index (χ3n) is 4.49. The summed E-state index contributed by atoms with van der Waals surface area (Å²) in [5.74, 6) is 1.74. The summed E-state index contributed by atoms with van der Waals surface area (Å²) in [5.41, 5.74) is 3.01. The van der Waals surface area contributed by atoms with Crippen molar-refractivity contribution in [2.24, 2.45) is 0 Å². The first kappa shape index (κ1) is 20.5. The first-order chi connectivity index (χ1) is 13.4. The zero-order chi connectivity index (χ0) is 20.1. The molecular formula is C20H24N2O4S2. The summed E-state index contributed by atoms with van der Waals surface area (Å²) in [6, 6.07) is 15.1. The van der Waals surface area contributed by atoms with Crippen molar-refractivity contribution < 1.29 is 17.9 Å². The molecule has 1 aliphatic rings. The number of rotatable bonds is 7. The smallest absolute Gasteiger partial charge is 0.263 e. The molecule has 150 valence electrons. The number of fused-ring (bicyclic) bond motifs is 1. The number of carbonyl (C=O) groups is 1. The fourth-order valence-electron chi connectivity index (χ4n) is 2.97. The van der Waals surface area contributed by atoms with Crippen LogP contribution in [-0.2, 0) is 20.6 Å². The largest absolute Gasteiger partial charge is 0.476 e. The van der Waals surface area contributed by atoms with Crippen molar-refractivity contribution in [3.8, 4) is 5.75 Å². The fraction of sp³-hybridized carbons (Fsp3) is 0.350. The van der Waals surface area contributed by atoms with Crippen LogP contribution in [0, 0.1) is 6.92 Å². The number of hydrogen-bond donors (Lipinski definition) is 1. The third-order valence-corrected chi connectivity index (χ3v) is 6.65. The summed E-state index contributed by atoms with van der Waals surface area (Å²) in [6.07, 6.45) is 0.262. The molecule has 28 heavy (non-hydrogen) atoms. The highest BCUT2D eigenvalue weighted by atomic mass is 32.2. The normalized spacial score (nSPS) is 16.2. The minimum atomic E-state index is -3.50. The Labute approximate surface area is 170 Å². The summed E-state index contributed by atoms with van der Waals surface area (Å²) in [4.78, 5) is 12.5. The van der Waals surface area contributed by atoms with Crippen LogP contribution in [0.4, 0.5) is 5.69 Å². The van der Waals surface area contributed by atoms with Gasteiger partial charge in [0, 0.05) is 18.1 Å². The van der Waals surface area contributed by atoms with Crippen LogP contribution in [0.2, 0.25) is 0 Å². The molecule has 0 spiro atoms. The van der Waals surface area contributed by atoms with E-state index in [0.717, 1.165) is 17.8 Å². The second kappa shape index (κ2) is 8.87. The lowest BCUT2D eigenvalue weighted by molar-refractivity contribution is -0.127. The highest BCUT2D eigenvalue weighted by Crippen LogP contribution is 2.34. The lowest BCUT2D eigenvalue weighted by atomic mass is 10.1. The molecule has 1 atom stereocenters. The van der Waals surface area contributed by atoms with Crippen molar-refractivity contribution in [3.05, 3.63) is 59.7 Å². The minimum absolute atomic E-state index is 0.0297. The van der Waals surface area contributed by atoms with Crippen LogP contribution < -0.4 is 14.4 Å². The van der Waals surface area contributed by atoms with Crippen LogP contribution in [-0.4, -0.2) is 45.5 Å². The molecular weight excluding hydrogens is 396 g/mol. The van der Waals surface area contributed by atoms with E-state index >= 15 is 0 Å². The predicted molar refractivity (Wildman–Crippen MR) is 113 cm³/mol. The van der Waals surface area contributed by atoms with Crippen LogP contribution in [0.3, 0.4) is 0 Å². The molecule has 0 saturated carbocycles. The van der Waals surface area contributed by atoms with Gasteiger partial charge in [-0.3, -0.25) is 9.10 Å². The first-order valence-electron chi connectivity index (χ1n) is 8.99. The van der Waals surface area contributed by atoms with Crippen molar-refractivity contribution in [2.45, 2.75) is 18.8 Å². The highest BCUT2D eigenvalue weighted by Gasteiger charge is 2.34. The zero-order valence-electron chi connectivity index (χ0n) is 15.9. The van der Waals surface area contributed by atoms with Gasteiger partial charge in [-0.2, -0.15) is 11.8 Å². The molecule has 0 fully saturated rings. The number of carbonyl (C=O) groups excluding carboxylic acids is 1. The molecule has 1 N–H and O–H groups in total. The molecule has 1 heterocycles. The topological polar surface area (TPSA) is 75.7 Å². The fourth-order valence-corrected chi connectivity index (χ4v) is 4.82. The van der Waals surface area contributed by atoms with Gasteiger partial charge in [0.2, 0.25) is 10.0 Å². The van der Waals surface area contributed by atoms with Crippen molar-refractivity contribution in [1.82, 2.24) is 5.32 Å². The Hall–Kier alpha value is -2.19. The van der Waals surface area contributed by atoms with Crippen molar-refractivity contribution >= 4 is 33.4 Å². The van der Waals surface area contributed by atoms with E-state index < -0.39 is 16.1 Å². The van der Waals surface area contributed by atoms with Gasteiger partial charge in [-0.05, 0) is 30.2 Å². The van der Waals surface area contributed by atoms with Gasteiger partial charge in [-0.15, -0.1) is 0 Å². The van der Waals surface area contributed by atoms with Gasteiger partial charge in [-0.25, -0.2) is 8.42 Å². The third kappa shape index (κ3) is 4.99. The lowest BCUT2D eigenvalue weighted by Gasteiger charge is -2.33. The van der Waals surface area contributed by atoms with Gasteiger partial charge in [0.1, 0.15) is 5.75 Å². The van der Waals surface area contributed by atoms with Crippen molar-refractivity contribution in [2.75, 3.05) is 29.4 Å². The summed E-state index contributed by atoms with van der Waals surface area (Å²) < 4.78 is 31.2. The Morgan fingerprint density at radius 1 is 1.21 bits per heavy atom. The number of para-hydroxylation sites is 2. The molecule has 0 radical (unpaired) electrons. The number of amides is 1. The highest BCUT2D eigenvalue weighted by molar-refractivity contribution is 7.98. The summed E-state index contributed by atoms with van der Waals surface area (Å²) in [7, 11) is -3.50. The number of nitrogens with one attached hydrogen (secondary N) is 1. The quantitative estimate of drug-likeness (QED) is 0.697. The maximum atomic E-state index is 12.5. The number of benzene rings is 2. The van der Waals surface area contributed by atoms with Gasteiger partial charge in [0.25, 0.3) is 5.91 Å². The Bertz CT molecular complexity index is 947. The van der Waals surface area contributed by atoms with Crippen LogP contribution in [0.5, 0.6) is 5.75 Å². The van der Waals surface area contributed by atoms with Crippen LogP contribution in [0.25, 0.3) is 0 Å². The number of thioether (sulfide) groups is 1. The van der Waals surface area contributed by atoms with E-state index in [1.807, 2.05) is 12.1 Å². The molecule has 8 heteroatoms. The number of nitrogens with zero attached hydrogens (tertiary/aromatic N) is 1.